The van der Waals surface area contributed by atoms with Crippen molar-refractivity contribution in [1.29, 1.82) is 0 Å². The van der Waals surface area contributed by atoms with E-state index in [1.807, 2.05) is 0 Å². The highest BCUT2D eigenvalue weighted by atomic mass is 35.5. The third-order valence-electron chi connectivity index (χ3n) is 8.53. The Bertz CT molecular complexity index is 523. The van der Waals surface area contributed by atoms with Crippen molar-refractivity contribution >= 4 is 11.6 Å². The van der Waals surface area contributed by atoms with E-state index in [0.717, 1.165) is 26.1 Å². The molecule has 0 N–H and O–H groups in total. The number of nitrogens with zero attached hydrogens (tertiary/aromatic N) is 1. The minimum Gasteiger partial charge on any atom is -0.380 e. The first-order valence-electron chi connectivity index (χ1n) is 19.0. The van der Waals surface area contributed by atoms with Crippen LogP contribution in [0.1, 0.15) is 181 Å². The van der Waals surface area contributed by atoms with Crippen LogP contribution >= 0.6 is 11.6 Å². The first kappa shape index (κ1) is 42.6. The summed E-state index contributed by atoms with van der Waals surface area (Å²) < 4.78 is 12.0. The van der Waals surface area contributed by atoms with Crippen molar-refractivity contribution in [3.63, 3.8) is 0 Å². The predicted octanol–water partition coefficient (Wildman–Crippen LogP) is 12.8. The highest BCUT2D eigenvalue weighted by Crippen LogP contribution is 2.11. The minimum absolute atomic E-state index is 0.240. The lowest BCUT2D eigenvalue weighted by Gasteiger charge is -2.25. The Morgan fingerprint density at radius 2 is 0.767 bits per heavy atom. The lowest BCUT2D eigenvalue weighted by atomic mass is 10.1. The van der Waals surface area contributed by atoms with Gasteiger partial charge in [0.05, 0.1) is 25.3 Å². The summed E-state index contributed by atoms with van der Waals surface area (Å²) in [5, 5.41) is 0. The molecule has 0 fully saturated rings. The number of likely N-dealkylation sites (N-methyl/N-ethyl adjacent to an activating group) is 1. The summed E-state index contributed by atoms with van der Waals surface area (Å²) in [5.74, 6) is 0. The molecule has 0 heterocycles. The molecular formula is C39H76ClNO2. The van der Waals surface area contributed by atoms with Crippen LogP contribution in [0.15, 0.2) is 24.3 Å². The largest absolute Gasteiger partial charge is 0.380 e. The highest BCUT2D eigenvalue weighted by molar-refractivity contribution is 6.17. The van der Waals surface area contributed by atoms with E-state index in [4.69, 9.17) is 21.1 Å². The lowest BCUT2D eigenvalue weighted by molar-refractivity contribution is 0.0174. The van der Waals surface area contributed by atoms with Crippen LogP contribution in [0.2, 0.25) is 0 Å². The summed E-state index contributed by atoms with van der Waals surface area (Å²) in [5.41, 5.74) is 0. The summed E-state index contributed by atoms with van der Waals surface area (Å²) in [6, 6.07) is 0.752. The van der Waals surface area contributed by atoms with E-state index in [9.17, 15) is 0 Å². The van der Waals surface area contributed by atoms with Gasteiger partial charge in [-0.3, -0.25) is 4.90 Å². The molecule has 0 radical (unpaired) electrons. The first-order valence-corrected chi connectivity index (χ1v) is 19.5. The van der Waals surface area contributed by atoms with Crippen molar-refractivity contribution < 1.29 is 9.47 Å². The fraction of sp³-hybridized carbons (Fsp3) is 0.897. The molecule has 0 saturated carbocycles. The Morgan fingerprint density at radius 1 is 0.465 bits per heavy atom. The molecule has 0 aliphatic heterocycles. The summed E-state index contributed by atoms with van der Waals surface area (Å²) >= 11 is 6.12. The summed E-state index contributed by atoms with van der Waals surface area (Å²) in [6.07, 6.45) is 44.2. The molecule has 0 amide bonds. The van der Waals surface area contributed by atoms with Crippen LogP contribution in [0, 0.1) is 0 Å². The molecule has 256 valence electrons. The zero-order valence-electron chi connectivity index (χ0n) is 29.4. The standard InChI is InChI=1S/C39H76ClNO2/c1-4-6-8-10-12-14-16-18-20-22-24-26-28-30-32-34-42-36-39(41(3)38-40)37-43-35-33-31-29-27-25-23-21-19-17-15-13-11-9-7-5-2/h18-21,39H,4-17,22-38H2,1-3H3/b20-18-,21-19-. The van der Waals surface area contributed by atoms with E-state index in [1.165, 1.54) is 154 Å². The van der Waals surface area contributed by atoms with E-state index >= 15 is 0 Å². The van der Waals surface area contributed by atoms with Crippen molar-refractivity contribution in [1.82, 2.24) is 4.90 Å². The van der Waals surface area contributed by atoms with Gasteiger partial charge in [-0.05, 0) is 71.3 Å². The van der Waals surface area contributed by atoms with E-state index in [1.54, 1.807) is 0 Å². The topological polar surface area (TPSA) is 21.7 Å². The Labute approximate surface area is 276 Å². The smallest absolute Gasteiger partial charge is 0.0739 e. The number of allylic oxidation sites excluding steroid dienone is 4. The zero-order chi connectivity index (χ0) is 31.3. The molecule has 0 spiro atoms. The summed E-state index contributed by atoms with van der Waals surface area (Å²) in [7, 11) is 2.06. The quantitative estimate of drug-likeness (QED) is 0.0299. The van der Waals surface area contributed by atoms with Crippen molar-refractivity contribution in [2.75, 3.05) is 39.5 Å². The van der Waals surface area contributed by atoms with Gasteiger partial charge in [0.2, 0.25) is 0 Å². The third-order valence-corrected chi connectivity index (χ3v) is 8.91. The van der Waals surface area contributed by atoms with Crippen molar-refractivity contribution in [3.05, 3.63) is 24.3 Å². The summed E-state index contributed by atoms with van der Waals surface area (Å²) in [4.78, 5) is 2.14. The highest BCUT2D eigenvalue weighted by Gasteiger charge is 2.14. The number of halogens is 1. The lowest BCUT2D eigenvalue weighted by Crippen LogP contribution is -2.38. The maximum Gasteiger partial charge on any atom is 0.0739 e. The molecule has 0 bridgehead atoms. The first-order chi connectivity index (χ1) is 21.3. The van der Waals surface area contributed by atoms with Crippen LogP contribution in [-0.4, -0.2) is 50.4 Å². The molecule has 0 saturated heterocycles. The molecule has 0 aliphatic carbocycles. The van der Waals surface area contributed by atoms with Gasteiger partial charge in [-0.2, -0.15) is 0 Å². The maximum absolute atomic E-state index is 6.12. The van der Waals surface area contributed by atoms with Crippen LogP contribution in [0.25, 0.3) is 0 Å². The van der Waals surface area contributed by atoms with E-state index in [0.29, 0.717) is 19.2 Å². The zero-order valence-corrected chi connectivity index (χ0v) is 30.2. The van der Waals surface area contributed by atoms with Crippen molar-refractivity contribution in [2.24, 2.45) is 0 Å². The van der Waals surface area contributed by atoms with E-state index in [-0.39, 0.29) is 6.04 Å². The second-order valence-electron chi connectivity index (χ2n) is 12.8. The average Bonchev–Trinajstić information content (AvgIpc) is 3.02. The molecule has 0 aromatic heterocycles. The second kappa shape index (κ2) is 37.8. The molecule has 0 unspecified atom stereocenters. The number of hydrogen-bond acceptors (Lipinski definition) is 3. The second-order valence-corrected chi connectivity index (χ2v) is 13.1. The SMILES string of the molecule is CCCCCCCC/C=C\CCCCCCCOCC(COCCCCCCC/C=C\CCCCCCCC)N(C)CCl. The fourth-order valence-corrected chi connectivity index (χ4v) is 5.58. The normalized spacial score (nSPS) is 12.2. The minimum atomic E-state index is 0.240. The number of hydrogen-bond donors (Lipinski definition) is 0. The van der Waals surface area contributed by atoms with Crippen LogP contribution in [0.4, 0.5) is 0 Å². The predicted molar refractivity (Wildman–Crippen MR) is 194 cm³/mol. The van der Waals surface area contributed by atoms with E-state index in [2.05, 4.69) is 50.1 Å². The molecular weight excluding hydrogens is 550 g/mol. The van der Waals surface area contributed by atoms with Gasteiger partial charge in [-0.1, -0.05) is 141 Å². The van der Waals surface area contributed by atoms with Crippen molar-refractivity contribution in [2.45, 2.75) is 187 Å². The van der Waals surface area contributed by atoms with Gasteiger partial charge in [0.25, 0.3) is 0 Å². The van der Waals surface area contributed by atoms with Gasteiger partial charge < -0.3 is 9.47 Å². The molecule has 0 atom stereocenters. The summed E-state index contributed by atoms with van der Waals surface area (Å²) in [6.45, 7) is 7.68. The third kappa shape index (κ3) is 34.4. The van der Waals surface area contributed by atoms with Gasteiger partial charge >= 0.3 is 0 Å². The van der Waals surface area contributed by atoms with Gasteiger partial charge in [0.1, 0.15) is 0 Å². The molecule has 3 nitrogen and oxygen atoms in total. The number of ether oxygens (including phenoxy) is 2. The molecule has 0 aromatic rings. The Kier molecular flexibility index (Phi) is 37.5. The average molecular weight is 626 g/mol. The monoisotopic (exact) mass is 626 g/mol. The number of alkyl halides is 1. The Balaban J connectivity index is 3.55. The number of unbranched alkanes of at least 4 members (excludes halogenated alkanes) is 22. The van der Waals surface area contributed by atoms with Crippen molar-refractivity contribution in [3.8, 4) is 0 Å². The van der Waals surface area contributed by atoms with Gasteiger partial charge in [-0.15, -0.1) is 11.6 Å². The van der Waals surface area contributed by atoms with E-state index < -0.39 is 0 Å². The molecule has 43 heavy (non-hydrogen) atoms. The van der Waals surface area contributed by atoms with Crippen LogP contribution < -0.4 is 0 Å². The van der Waals surface area contributed by atoms with Gasteiger partial charge in [0, 0.05) is 13.2 Å². The molecule has 0 aromatic carbocycles. The van der Waals surface area contributed by atoms with Gasteiger partial charge in [0.15, 0.2) is 0 Å². The van der Waals surface area contributed by atoms with Gasteiger partial charge in [-0.25, -0.2) is 0 Å². The van der Waals surface area contributed by atoms with Crippen LogP contribution in [0.3, 0.4) is 0 Å². The molecule has 4 heteroatoms. The Morgan fingerprint density at radius 3 is 1.09 bits per heavy atom. The fourth-order valence-electron chi connectivity index (χ4n) is 5.39. The van der Waals surface area contributed by atoms with Crippen LogP contribution in [0.5, 0.6) is 0 Å². The molecule has 0 aliphatic rings. The Hall–Kier alpha value is -0.350. The number of rotatable bonds is 36. The van der Waals surface area contributed by atoms with Crippen LogP contribution in [-0.2, 0) is 9.47 Å². The maximum atomic E-state index is 6.12. The molecule has 0 rings (SSSR count).